The number of ether oxygens (including phenoxy) is 1. The maximum absolute atomic E-state index is 12.5. The van der Waals surface area contributed by atoms with Gasteiger partial charge in [0.2, 0.25) is 0 Å². The van der Waals surface area contributed by atoms with Gasteiger partial charge in [0.25, 0.3) is 0 Å². The molecule has 3 aromatic carbocycles. The van der Waals surface area contributed by atoms with Gasteiger partial charge in [0.1, 0.15) is 5.75 Å². The fourth-order valence-electron chi connectivity index (χ4n) is 2.66. The molecule has 3 heteroatoms. The minimum absolute atomic E-state index is 0.136. The van der Waals surface area contributed by atoms with Gasteiger partial charge in [-0.1, -0.05) is 54.6 Å². The van der Waals surface area contributed by atoms with Crippen molar-refractivity contribution >= 4 is 11.5 Å². The lowest BCUT2D eigenvalue weighted by Gasteiger charge is -2.10. The van der Waals surface area contributed by atoms with E-state index in [0.717, 1.165) is 16.7 Å². The van der Waals surface area contributed by atoms with Gasteiger partial charge in [-0.3, -0.25) is 4.79 Å². The van der Waals surface area contributed by atoms with Crippen molar-refractivity contribution in [3.8, 4) is 16.9 Å². The van der Waals surface area contributed by atoms with Crippen LogP contribution in [0.2, 0.25) is 0 Å². The molecule has 0 heterocycles. The SMILES string of the molecule is COc1ccc(C(=O)/C=C(\N)c2ccccc2-c2ccccc2)cc1. The average Bonchev–Trinajstić information content (AvgIpc) is 2.68. The van der Waals surface area contributed by atoms with Crippen molar-refractivity contribution in [3.63, 3.8) is 0 Å². The third-order valence-electron chi connectivity index (χ3n) is 3.98. The second-order valence-corrected chi connectivity index (χ2v) is 5.60. The van der Waals surface area contributed by atoms with Crippen LogP contribution in [-0.4, -0.2) is 12.9 Å². The van der Waals surface area contributed by atoms with Crippen LogP contribution >= 0.6 is 0 Å². The summed E-state index contributed by atoms with van der Waals surface area (Å²) in [5.41, 5.74) is 10.2. The molecule has 0 amide bonds. The molecule has 2 N–H and O–H groups in total. The average molecular weight is 329 g/mol. The molecule has 0 unspecified atom stereocenters. The van der Waals surface area contributed by atoms with Crippen LogP contribution in [0.1, 0.15) is 15.9 Å². The smallest absolute Gasteiger partial charge is 0.187 e. The normalized spacial score (nSPS) is 11.2. The van der Waals surface area contributed by atoms with Crippen LogP contribution < -0.4 is 10.5 Å². The van der Waals surface area contributed by atoms with E-state index in [0.29, 0.717) is 17.0 Å². The van der Waals surface area contributed by atoms with Crippen molar-refractivity contribution in [3.05, 3.63) is 96.1 Å². The molecule has 0 aliphatic heterocycles. The highest BCUT2D eigenvalue weighted by Gasteiger charge is 2.09. The lowest BCUT2D eigenvalue weighted by atomic mass is 9.97. The predicted octanol–water partition coefficient (Wildman–Crippen LogP) is 4.54. The summed E-state index contributed by atoms with van der Waals surface area (Å²) in [4.78, 5) is 12.5. The number of hydrogen-bond acceptors (Lipinski definition) is 3. The Morgan fingerprint density at radius 2 is 1.52 bits per heavy atom. The van der Waals surface area contributed by atoms with Gasteiger partial charge in [-0.2, -0.15) is 0 Å². The number of nitrogens with two attached hydrogens (primary N) is 1. The van der Waals surface area contributed by atoms with Gasteiger partial charge in [-0.05, 0) is 35.4 Å². The van der Waals surface area contributed by atoms with Crippen LogP contribution in [0.4, 0.5) is 0 Å². The van der Waals surface area contributed by atoms with Crippen LogP contribution in [-0.2, 0) is 0 Å². The molecular formula is C22H19NO2. The molecule has 3 nitrogen and oxygen atoms in total. The minimum Gasteiger partial charge on any atom is -0.497 e. The van der Waals surface area contributed by atoms with Gasteiger partial charge in [-0.25, -0.2) is 0 Å². The molecule has 0 radical (unpaired) electrons. The van der Waals surface area contributed by atoms with Crippen LogP contribution in [0, 0.1) is 0 Å². The Bertz CT molecular complexity index is 897. The van der Waals surface area contributed by atoms with E-state index in [9.17, 15) is 4.79 Å². The Morgan fingerprint density at radius 1 is 0.880 bits per heavy atom. The van der Waals surface area contributed by atoms with E-state index in [2.05, 4.69) is 0 Å². The Hall–Kier alpha value is -3.33. The molecule has 3 rings (SSSR count). The fourth-order valence-corrected chi connectivity index (χ4v) is 2.66. The molecule has 3 aromatic rings. The number of allylic oxidation sites excluding steroid dienone is 1. The number of carbonyl (C=O) groups is 1. The van der Waals surface area contributed by atoms with Crippen molar-refractivity contribution < 1.29 is 9.53 Å². The zero-order valence-corrected chi connectivity index (χ0v) is 14.0. The molecule has 124 valence electrons. The van der Waals surface area contributed by atoms with E-state index < -0.39 is 0 Å². The molecule has 0 bridgehead atoms. The predicted molar refractivity (Wildman–Crippen MR) is 101 cm³/mol. The number of benzene rings is 3. The van der Waals surface area contributed by atoms with E-state index in [1.54, 1.807) is 31.4 Å². The molecule has 0 saturated heterocycles. The van der Waals surface area contributed by atoms with Crippen LogP contribution in [0.15, 0.2) is 84.9 Å². The Morgan fingerprint density at radius 3 is 2.20 bits per heavy atom. The monoisotopic (exact) mass is 329 g/mol. The summed E-state index contributed by atoms with van der Waals surface area (Å²) in [6.07, 6.45) is 1.48. The van der Waals surface area contributed by atoms with Crippen molar-refractivity contribution in [2.75, 3.05) is 7.11 Å². The molecule has 0 fully saturated rings. The lowest BCUT2D eigenvalue weighted by Crippen LogP contribution is -2.03. The summed E-state index contributed by atoms with van der Waals surface area (Å²) in [6, 6.07) is 24.8. The first kappa shape index (κ1) is 16.5. The van der Waals surface area contributed by atoms with E-state index in [4.69, 9.17) is 10.5 Å². The zero-order valence-electron chi connectivity index (χ0n) is 14.0. The maximum atomic E-state index is 12.5. The van der Waals surface area contributed by atoms with E-state index in [1.165, 1.54) is 6.08 Å². The molecule has 0 spiro atoms. The second kappa shape index (κ2) is 7.49. The van der Waals surface area contributed by atoms with Gasteiger partial charge >= 0.3 is 0 Å². The highest BCUT2D eigenvalue weighted by atomic mass is 16.5. The van der Waals surface area contributed by atoms with Crippen molar-refractivity contribution in [2.45, 2.75) is 0 Å². The van der Waals surface area contributed by atoms with Crippen LogP contribution in [0.25, 0.3) is 16.8 Å². The highest BCUT2D eigenvalue weighted by Crippen LogP contribution is 2.27. The Kier molecular flexibility index (Phi) is 4.95. The molecule has 0 aromatic heterocycles. The first-order chi connectivity index (χ1) is 12.2. The van der Waals surface area contributed by atoms with Gasteiger partial charge in [0.15, 0.2) is 5.78 Å². The molecule has 0 atom stereocenters. The molecule has 25 heavy (non-hydrogen) atoms. The minimum atomic E-state index is -0.136. The Balaban J connectivity index is 1.93. The summed E-state index contributed by atoms with van der Waals surface area (Å²) >= 11 is 0. The van der Waals surface area contributed by atoms with Gasteiger partial charge in [-0.15, -0.1) is 0 Å². The molecule has 0 saturated carbocycles. The quantitative estimate of drug-likeness (QED) is 0.552. The molecule has 0 aliphatic rings. The van der Waals surface area contributed by atoms with Crippen molar-refractivity contribution in [1.29, 1.82) is 0 Å². The topological polar surface area (TPSA) is 52.3 Å². The summed E-state index contributed by atoms with van der Waals surface area (Å²) in [6.45, 7) is 0. The fraction of sp³-hybridized carbons (Fsp3) is 0.0455. The first-order valence-electron chi connectivity index (χ1n) is 7.99. The number of carbonyl (C=O) groups excluding carboxylic acids is 1. The van der Waals surface area contributed by atoms with Crippen LogP contribution in [0.5, 0.6) is 5.75 Å². The summed E-state index contributed by atoms with van der Waals surface area (Å²) in [5.74, 6) is 0.575. The summed E-state index contributed by atoms with van der Waals surface area (Å²) in [5, 5.41) is 0. The van der Waals surface area contributed by atoms with Crippen LogP contribution in [0.3, 0.4) is 0 Å². The lowest BCUT2D eigenvalue weighted by molar-refractivity contribution is 0.104. The number of ketones is 1. The number of hydrogen-bond donors (Lipinski definition) is 1. The largest absolute Gasteiger partial charge is 0.497 e. The molecular weight excluding hydrogens is 310 g/mol. The first-order valence-corrected chi connectivity index (χ1v) is 7.99. The van der Waals surface area contributed by atoms with Gasteiger partial charge < -0.3 is 10.5 Å². The van der Waals surface area contributed by atoms with Gasteiger partial charge in [0.05, 0.1) is 7.11 Å². The van der Waals surface area contributed by atoms with Gasteiger partial charge in [0, 0.05) is 22.9 Å². The molecule has 0 aliphatic carbocycles. The summed E-state index contributed by atoms with van der Waals surface area (Å²) in [7, 11) is 1.59. The third kappa shape index (κ3) is 3.78. The highest BCUT2D eigenvalue weighted by molar-refractivity contribution is 6.08. The number of rotatable bonds is 5. The summed E-state index contributed by atoms with van der Waals surface area (Å²) < 4.78 is 5.11. The maximum Gasteiger partial charge on any atom is 0.187 e. The Labute approximate surface area is 147 Å². The van der Waals surface area contributed by atoms with E-state index in [-0.39, 0.29) is 5.78 Å². The van der Waals surface area contributed by atoms with E-state index in [1.807, 2.05) is 54.6 Å². The van der Waals surface area contributed by atoms with Crippen molar-refractivity contribution in [1.82, 2.24) is 0 Å². The number of methoxy groups -OCH3 is 1. The van der Waals surface area contributed by atoms with Crippen molar-refractivity contribution in [2.24, 2.45) is 5.73 Å². The van der Waals surface area contributed by atoms with E-state index >= 15 is 0 Å². The second-order valence-electron chi connectivity index (χ2n) is 5.60. The third-order valence-corrected chi connectivity index (χ3v) is 3.98. The standard InChI is InChI=1S/C22H19NO2/c1-25-18-13-11-17(12-14-18)22(24)15-21(23)20-10-6-5-9-19(20)16-7-3-2-4-8-16/h2-15H,23H2,1H3/b21-15-. The zero-order chi connectivity index (χ0) is 17.6.